The van der Waals surface area contributed by atoms with Crippen LogP contribution in [0.5, 0.6) is 0 Å². The van der Waals surface area contributed by atoms with Crippen molar-refractivity contribution in [3.8, 4) is 0 Å². The molecule has 8 atom stereocenters. The van der Waals surface area contributed by atoms with E-state index in [1.54, 1.807) is 0 Å². The maximum absolute atomic E-state index is 12.2. The van der Waals surface area contributed by atoms with Crippen LogP contribution in [0.4, 0.5) is 0 Å². The standard InChI is InChI=1S/C24H32O5/c1-22-9-7-16(25)11-15(22)4-5-18-21(22)19(26)12-23(2)17(8-10-24(18,23)28)14-3-6-20(27)29-13-14/h3,6,11,13,16-19,21,25-26,28H,4-5,7-10,12H2,1-2H3/t16-,17+,18+,19-,21+,22-,23+,24-/m0/s1. The van der Waals surface area contributed by atoms with Gasteiger partial charge >= 0.3 is 5.63 Å². The van der Waals surface area contributed by atoms with Gasteiger partial charge in [0.25, 0.3) is 0 Å². The van der Waals surface area contributed by atoms with E-state index in [1.807, 2.05) is 12.1 Å². The van der Waals surface area contributed by atoms with Crippen molar-refractivity contribution in [2.24, 2.45) is 22.7 Å². The average molecular weight is 401 g/mol. The monoisotopic (exact) mass is 400 g/mol. The predicted molar refractivity (Wildman–Crippen MR) is 108 cm³/mol. The van der Waals surface area contributed by atoms with E-state index < -0.39 is 17.1 Å². The minimum Gasteiger partial charge on any atom is -0.431 e. The van der Waals surface area contributed by atoms with Crippen molar-refractivity contribution in [3.05, 3.63) is 46.0 Å². The molecule has 1 aromatic rings. The van der Waals surface area contributed by atoms with Gasteiger partial charge in [0.05, 0.1) is 24.1 Å². The topological polar surface area (TPSA) is 90.9 Å². The number of aliphatic hydroxyl groups is 3. The summed E-state index contributed by atoms with van der Waals surface area (Å²) in [6, 6.07) is 3.27. The van der Waals surface area contributed by atoms with Gasteiger partial charge in [-0.25, -0.2) is 4.79 Å². The molecular weight excluding hydrogens is 368 g/mol. The molecule has 0 bridgehead atoms. The summed E-state index contributed by atoms with van der Waals surface area (Å²) in [6.07, 6.45) is 8.05. The highest BCUT2D eigenvalue weighted by Gasteiger charge is 2.69. The smallest absolute Gasteiger partial charge is 0.335 e. The molecule has 0 unspecified atom stereocenters. The Labute approximate surface area is 171 Å². The van der Waals surface area contributed by atoms with Gasteiger partial charge in [0.15, 0.2) is 0 Å². The molecule has 0 aromatic carbocycles. The fourth-order valence-corrected chi connectivity index (χ4v) is 7.89. The van der Waals surface area contributed by atoms with Crippen molar-refractivity contribution in [1.82, 2.24) is 0 Å². The molecular formula is C24H32O5. The summed E-state index contributed by atoms with van der Waals surface area (Å²) in [4.78, 5) is 11.4. The molecule has 4 aliphatic rings. The molecule has 1 aromatic heterocycles. The molecule has 29 heavy (non-hydrogen) atoms. The molecule has 0 saturated heterocycles. The summed E-state index contributed by atoms with van der Waals surface area (Å²) >= 11 is 0. The first-order chi connectivity index (χ1) is 13.7. The largest absolute Gasteiger partial charge is 0.431 e. The molecule has 5 rings (SSSR count). The van der Waals surface area contributed by atoms with E-state index in [-0.39, 0.29) is 34.9 Å². The van der Waals surface area contributed by atoms with Crippen LogP contribution >= 0.6 is 0 Å². The maximum Gasteiger partial charge on any atom is 0.335 e. The fraction of sp³-hybridized carbons (Fsp3) is 0.708. The molecule has 3 saturated carbocycles. The molecule has 5 nitrogen and oxygen atoms in total. The molecule has 5 heteroatoms. The van der Waals surface area contributed by atoms with Crippen LogP contribution in [0, 0.1) is 22.7 Å². The number of aliphatic hydroxyl groups excluding tert-OH is 2. The predicted octanol–water partition coefficient (Wildman–Crippen LogP) is 3.13. The van der Waals surface area contributed by atoms with E-state index in [0.29, 0.717) is 12.8 Å². The maximum atomic E-state index is 12.2. The first-order valence-corrected chi connectivity index (χ1v) is 11.1. The lowest BCUT2D eigenvalue weighted by Crippen LogP contribution is -2.64. The van der Waals surface area contributed by atoms with Gasteiger partial charge in [-0.05, 0) is 79.7 Å². The Kier molecular flexibility index (Phi) is 4.23. The van der Waals surface area contributed by atoms with Crippen molar-refractivity contribution in [2.75, 3.05) is 0 Å². The van der Waals surface area contributed by atoms with E-state index in [1.165, 1.54) is 17.9 Å². The minimum absolute atomic E-state index is 0.0144. The van der Waals surface area contributed by atoms with Crippen LogP contribution in [0.25, 0.3) is 0 Å². The first-order valence-electron chi connectivity index (χ1n) is 11.1. The summed E-state index contributed by atoms with van der Waals surface area (Å²) in [7, 11) is 0. The fourth-order valence-electron chi connectivity index (χ4n) is 7.89. The van der Waals surface area contributed by atoms with E-state index >= 15 is 0 Å². The molecule has 3 fully saturated rings. The zero-order valence-corrected chi connectivity index (χ0v) is 17.3. The molecule has 0 aliphatic heterocycles. The summed E-state index contributed by atoms with van der Waals surface area (Å²) in [6.45, 7) is 4.35. The number of fused-ring (bicyclic) bond motifs is 5. The number of hydrogen-bond acceptors (Lipinski definition) is 5. The molecule has 0 amide bonds. The third-order valence-corrected chi connectivity index (χ3v) is 9.34. The summed E-state index contributed by atoms with van der Waals surface area (Å²) in [5.74, 6) is 0.111. The van der Waals surface area contributed by atoms with Crippen molar-refractivity contribution in [1.29, 1.82) is 0 Å². The lowest BCUT2D eigenvalue weighted by atomic mass is 9.44. The Morgan fingerprint density at radius 1 is 1.10 bits per heavy atom. The second-order valence-corrected chi connectivity index (χ2v) is 10.5. The zero-order chi connectivity index (χ0) is 20.6. The summed E-state index contributed by atoms with van der Waals surface area (Å²) in [5, 5.41) is 33.7. The number of hydrogen-bond donors (Lipinski definition) is 3. The van der Waals surface area contributed by atoms with Crippen LogP contribution in [0.15, 0.2) is 39.3 Å². The van der Waals surface area contributed by atoms with Crippen LogP contribution in [-0.2, 0) is 0 Å². The zero-order valence-electron chi connectivity index (χ0n) is 17.3. The van der Waals surface area contributed by atoms with Crippen molar-refractivity contribution in [2.45, 2.75) is 82.5 Å². The highest BCUT2D eigenvalue weighted by atomic mass is 16.4. The van der Waals surface area contributed by atoms with Gasteiger partial charge < -0.3 is 19.7 Å². The third-order valence-electron chi connectivity index (χ3n) is 9.34. The Morgan fingerprint density at radius 3 is 2.62 bits per heavy atom. The van der Waals surface area contributed by atoms with Crippen LogP contribution in [0.2, 0.25) is 0 Å². The Morgan fingerprint density at radius 2 is 1.90 bits per heavy atom. The quantitative estimate of drug-likeness (QED) is 0.630. The molecule has 0 spiro atoms. The Bertz CT molecular complexity index is 884. The van der Waals surface area contributed by atoms with Crippen LogP contribution in [0.3, 0.4) is 0 Å². The molecule has 158 valence electrons. The lowest BCUT2D eigenvalue weighted by molar-refractivity contribution is -0.214. The van der Waals surface area contributed by atoms with E-state index in [9.17, 15) is 20.1 Å². The number of allylic oxidation sites excluding steroid dienone is 1. The normalized spacial score (nSPS) is 49.0. The van der Waals surface area contributed by atoms with Crippen LogP contribution in [-0.4, -0.2) is 33.1 Å². The second kappa shape index (κ2) is 6.29. The van der Waals surface area contributed by atoms with Gasteiger partial charge in [-0.15, -0.1) is 0 Å². The average Bonchev–Trinajstić information content (AvgIpc) is 2.94. The molecule has 4 aliphatic carbocycles. The number of rotatable bonds is 1. The summed E-state index contributed by atoms with van der Waals surface area (Å²) < 4.78 is 5.13. The van der Waals surface area contributed by atoms with Crippen LogP contribution in [0.1, 0.15) is 70.3 Å². The second-order valence-electron chi connectivity index (χ2n) is 10.5. The van der Waals surface area contributed by atoms with Crippen molar-refractivity contribution < 1.29 is 19.7 Å². The Balaban J connectivity index is 1.55. The van der Waals surface area contributed by atoms with Gasteiger partial charge in [-0.1, -0.05) is 25.5 Å². The van der Waals surface area contributed by atoms with Gasteiger partial charge in [0, 0.05) is 11.5 Å². The van der Waals surface area contributed by atoms with Gasteiger partial charge in [0.2, 0.25) is 0 Å². The lowest BCUT2D eigenvalue weighted by Gasteiger charge is -2.63. The highest BCUT2D eigenvalue weighted by molar-refractivity contribution is 5.32. The highest BCUT2D eigenvalue weighted by Crippen LogP contribution is 2.70. The van der Waals surface area contributed by atoms with Gasteiger partial charge in [-0.3, -0.25) is 0 Å². The molecule has 1 heterocycles. The molecule has 3 N–H and O–H groups in total. The minimum atomic E-state index is -0.845. The van der Waals surface area contributed by atoms with E-state index in [0.717, 1.165) is 37.7 Å². The molecule has 0 radical (unpaired) electrons. The van der Waals surface area contributed by atoms with Gasteiger partial charge in [-0.2, -0.15) is 0 Å². The first kappa shape index (κ1) is 19.5. The van der Waals surface area contributed by atoms with E-state index in [4.69, 9.17) is 4.42 Å². The third kappa shape index (κ3) is 2.53. The van der Waals surface area contributed by atoms with Crippen molar-refractivity contribution in [3.63, 3.8) is 0 Å². The van der Waals surface area contributed by atoms with E-state index in [2.05, 4.69) is 13.8 Å². The Hall–Kier alpha value is -1.43. The SMILES string of the molecule is C[C@]12CC[C@H](O)C=C1CC[C@@H]1[C@@H]2[C@@H](O)C[C@]2(C)[C@@H](c3ccc(=O)oc3)CC[C@]12O. The van der Waals surface area contributed by atoms with Gasteiger partial charge in [0.1, 0.15) is 0 Å². The summed E-state index contributed by atoms with van der Waals surface area (Å²) in [5.41, 5.74) is 0.382. The van der Waals surface area contributed by atoms with Crippen molar-refractivity contribution >= 4 is 0 Å². The van der Waals surface area contributed by atoms with Crippen LogP contribution < -0.4 is 5.63 Å².